The Morgan fingerprint density at radius 2 is 1.96 bits per heavy atom. The molecule has 9 heteroatoms. The van der Waals surface area contributed by atoms with Crippen LogP contribution in [0.4, 0.5) is 5.69 Å². The highest BCUT2D eigenvalue weighted by atomic mass is 79.9. The smallest absolute Gasteiger partial charge is 0.319 e. The van der Waals surface area contributed by atoms with Crippen LogP contribution in [0.25, 0.3) is 0 Å². The fraction of sp³-hybridized carbons (Fsp3) is 0.211. The third kappa shape index (κ3) is 4.32. The van der Waals surface area contributed by atoms with Crippen LogP contribution in [0.5, 0.6) is 0 Å². The van der Waals surface area contributed by atoms with Gasteiger partial charge < -0.3 is 15.4 Å². The third-order valence-corrected chi connectivity index (χ3v) is 5.38. The number of benzene rings is 2. The van der Waals surface area contributed by atoms with Crippen LogP contribution in [0.2, 0.25) is 10.0 Å². The first-order chi connectivity index (χ1) is 13.3. The van der Waals surface area contributed by atoms with E-state index in [9.17, 15) is 14.4 Å². The first kappa shape index (κ1) is 20.6. The van der Waals surface area contributed by atoms with E-state index < -0.39 is 29.8 Å². The summed E-state index contributed by atoms with van der Waals surface area (Å²) in [7, 11) is 0. The molecule has 3 rings (SSSR count). The number of nitrogens with two attached hydrogens (primary N) is 1. The number of nitrogens with zero attached hydrogens (tertiary/aromatic N) is 1. The summed E-state index contributed by atoms with van der Waals surface area (Å²) in [6, 6.07) is 11.4. The molecule has 2 atom stereocenters. The second-order valence-electron chi connectivity index (χ2n) is 6.20. The van der Waals surface area contributed by atoms with Crippen LogP contribution in [-0.4, -0.2) is 24.3 Å². The molecule has 146 valence electrons. The van der Waals surface area contributed by atoms with E-state index in [1.54, 1.807) is 42.5 Å². The minimum absolute atomic E-state index is 0.227. The molecule has 0 saturated carbocycles. The minimum atomic E-state index is -1.29. The van der Waals surface area contributed by atoms with Gasteiger partial charge in [-0.3, -0.25) is 14.4 Å². The molecule has 6 nitrogen and oxygen atoms in total. The second kappa shape index (κ2) is 8.51. The molecule has 1 fully saturated rings. The van der Waals surface area contributed by atoms with E-state index in [0.29, 0.717) is 25.8 Å². The third-order valence-electron chi connectivity index (χ3n) is 4.33. The number of anilines is 1. The Morgan fingerprint density at radius 3 is 2.64 bits per heavy atom. The van der Waals surface area contributed by atoms with E-state index in [4.69, 9.17) is 33.7 Å². The Kier molecular flexibility index (Phi) is 6.27. The van der Waals surface area contributed by atoms with Gasteiger partial charge in [-0.1, -0.05) is 51.3 Å². The highest BCUT2D eigenvalue weighted by molar-refractivity contribution is 9.10. The van der Waals surface area contributed by atoms with Crippen molar-refractivity contribution in [1.82, 2.24) is 0 Å². The van der Waals surface area contributed by atoms with E-state index >= 15 is 0 Å². The Hall–Kier alpha value is -2.09. The van der Waals surface area contributed by atoms with E-state index in [0.717, 1.165) is 0 Å². The summed E-state index contributed by atoms with van der Waals surface area (Å²) < 4.78 is 6.00. The van der Waals surface area contributed by atoms with Crippen LogP contribution in [-0.2, 0) is 19.1 Å². The van der Waals surface area contributed by atoms with Gasteiger partial charge in [-0.25, -0.2) is 0 Å². The van der Waals surface area contributed by atoms with E-state index in [1.807, 2.05) is 0 Å². The molecule has 1 saturated heterocycles. The van der Waals surface area contributed by atoms with Gasteiger partial charge in [0.05, 0.1) is 10.7 Å². The zero-order chi connectivity index (χ0) is 20.4. The molecule has 0 spiro atoms. The van der Waals surface area contributed by atoms with Gasteiger partial charge in [-0.15, -0.1) is 0 Å². The van der Waals surface area contributed by atoms with Gasteiger partial charge >= 0.3 is 5.97 Å². The Bertz CT molecular complexity index is 953. The summed E-state index contributed by atoms with van der Waals surface area (Å²) >= 11 is 15.4. The van der Waals surface area contributed by atoms with Gasteiger partial charge in [0.15, 0.2) is 0 Å². The van der Waals surface area contributed by atoms with Gasteiger partial charge in [-0.05, 0) is 36.8 Å². The summed E-state index contributed by atoms with van der Waals surface area (Å²) in [6.07, 6.45) is -1.06. The minimum Gasteiger partial charge on any atom is -0.447 e. The number of carbonyl (C=O) groups is 3. The van der Waals surface area contributed by atoms with Crippen molar-refractivity contribution in [3.05, 3.63) is 62.5 Å². The van der Waals surface area contributed by atoms with Crippen molar-refractivity contribution < 1.29 is 19.1 Å². The summed E-state index contributed by atoms with van der Waals surface area (Å²) in [6.45, 7) is 0.275. The molecule has 0 radical (unpaired) electrons. The predicted octanol–water partition coefficient (Wildman–Crippen LogP) is 3.88. The van der Waals surface area contributed by atoms with Crippen LogP contribution < -0.4 is 10.6 Å². The molecule has 28 heavy (non-hydrogen) atoms. The van der Waals surface area contributed by atoms with Crippen molar-refractivity contribution in [3.8, 4) is 0 Å². The van der Waals surface area contributed by atoms with Crippen molar-refractivity contribution in [2.45, 2.75) is 12.5 Å². The Morgan fingerprint density at radius 1 is 1.21 bits per heavy atom. The van der Waals surface area contributed by atoms with Gasteiger partial charge in [-0.2, -0.15) is 0 Å². The monoisotopic (exact) mass is 484 g/mol. The molecular formula is C19H15BrCl2N2O4. The number of amides is 2. The lowest BCUT2D eigenvalue weighted by atomic mass is 10.1. The molecule has 2 aromatic carbocycles. The average molecular weight is 486 g/mol. The molecule has 2 amide bonds. The zero-order valence-corrected chi connectivity index (χ0v) is 17.5. The quantitative estimate of drug-likeness (QED) is 0.514. The second-order valence-corrected chi connectivity index (χ2v) is 7.96. The maximum Gasteiger partial charge on any atom is 0.319 e. The van der Waals surface area contributed by atoms with E-state index in [2.05, 4.69) is 15.9 Å². The van der Waals surface area contributed by atoms with Crippen LogP contribution in [0.1, 0.15) is 18.1 Å². The lowest BCUT2D eigenvalue weighted by molar-refractivity contribution is -0.160. The molecule has 1 aliphatic rings. The molecule has 1 heterocycles. The number of hydrogen-bond acceptors (Lipinski definition) is 4. The number of primary amides is 1. The van der Waals surface area contributed by atoms with Gasteiger partial charge in [0.2, 0.25) is 12.0 Å². The molecule has 0 aromatic heterocycles. The number of carbonyl (C=O) groups excluding carboxylic acids is 3. The lowest BCUT2D eigenvalue weighted by Crippen LogP contribution is -2.34. The Balaban J connectivity index is 1.78. The predicted molar refractivity (Wildman–Crippen MR) is 109 cm³/mol. The van der Waals surface area contributed by atoms with Crippen molar-refractivity contribution in [2.75, 3.05) is 11.4 Å². The molecule has 0 aliphatic carbocycles. The summed E-state index contributed by atoms with van der Waals surface area (Å²) in [5.74, 6) is -3.16. The molecule has 2 aromatic rings. The molecule has 0 bridgehead atoms. The molecule has 2 unspecified atom stereocenters. The molecular weight excluding hydrogens is 471 g/mol. The average Bonchev–Trinajstić information content (AvgIpc) is 3.02. The topological polar surface area (TPSA) is 89.7 Å². The summed E-state index contributed by atoms with van der Waals surface area (Å²) in [5, 5.41) is 0.762. The van der Waals surface area contributed by atoms with Crippen molar-refractivity contribution in [3.63, 3.8) is 0 Å². The largest absolute Gasteiger partial charge is 0.447 e. The van der Waals surface area contributed by atoms with Crippen molar-refractivity contribution in [1.29, 1.82) is 0 Å². The van der Waals surface area contributed by atoms with Gasteiger partial charge in [0, 0.05) is 21.6 Å². The normalized spacial score (nSPS) is 17.5. The highest BCUT2D eigenvalue weighted by Gasteiger charge is 2.41. The number of esters is 1. The van der Waals surface area contributed by atoms with Crippen LogP contribution in [0, 0.1) is 5.92 Å². The highest BCUT2D eigenvalue weighted by Crippen LogP contribution is 2.34. The van der Waals surface area contributed by atoms with Crippen molar-refractivity contribution in [2.24, 2.45) is 11.7 Å². The zero-order valence-electron chi connectivity index (χ0n) is 14.4. The fourth-order valence-electron chi connectivity index (χ4n) is 2.99. The van der Waals surface area contributed by atoms with Gasteiger partial charge in [0.25, 0.3) is 5.91 Å². The van der Waals surface area contributed by atoms with Gasteiger partial charge in [0.1, 0.15) is 5.92 Å². The summed E-state index contributed by atoms with van der Waals surface area (Å²) in [4.78, 5) is 38.6. The Labute approximate surface area is 179 Å². The number of halogens is 3. The first-order valence-corrected chi connectivity index (χ1v) is 9.84. The lowest BCUT2D eigenvalue weighted by Gasteiger charge is -2.19. The maximum absolute atomic E-state index is 12.8. The number of rotatable bonds is 5. The van der Waals surface area contributed by atoms with E-state index in [-0.39, 0.29) is 13.0 Å². The van der Waals surface area contributed by atoms with Crippen molar-refractivity contribution >= 4 is 62.6 Å². The SMILES string of the molecule is NC(=O)C(OC(=O)C1CCN(c2cc(Cl)ccc2Cl)C1=O)c1cccc(Br)c1. The summed E-state index contributed by atoms with van der Waals surface area (Å²) in [5.41, 5.74) is 6.23. The maximum atomic E-state index is 12.8. The number of ether oxygens (including phenoxy) is 1. The first-order valence-electron chi connectivity index (χ1n) is 8.29. The van der Waals surface area contributed by atoms with E-state index in [1.165, 1.54) is 4.90 Å². The fourth-order valence-corrected chi connectivity index (χ4v) is 3.79. The standard InChI is InChI=1S/C19H15BrCl2N2O4/c20-11-3-1-2-10(8-11)16(17(23)25)28-19(27)13-6-7-24(18(13)26)15-9-12(21)4-5-14(15)22/h1-5,8-9,13,16H,6-7H2,(H2,23,25). The molecule has 1 aliphatic heterocycles. The van der Waals surface area contributed by atoms with Crippen LogP contribution in [0.15, 0.2) is 46.9 Å². The molecule has 2 N–H and O–H groups in total. The van der Waals surface area contributed by atoms with Crippen LogP contribution in [0.3, 0.4) is 0 Å². The number of hydrogen-bond donors (Lipinski definition) is 1. The van der Waals surface area contributed by atoms with Crippen LogP contribution >= 0.6 is 39.1 Å².